The summed E-state index contributed by atoms with van der Waals surface area (Å²) in [6, 6.07) is 0. The smallest absolute Gasteiger partial charge is 0.232 e. The predicted molar refractivity (Wildman–Crippen MR) is 19.3 cm³/mol. The lowest BCUT2D eigenvalue weighted by Gasteiger charge is -1.60. The maximum atomic E-state index is 9.42. The van der Waals surface area contributed by atoms with Crippen LogP contribution < -0.4 is 5.73 Å². The predicted octanol–water partition coefficient (Wildman–Crippen LogP) is -0.0598. The van der Waals surface area contributed by atoms with Crippen LogP contribution in [0.3, 0.4) is 0 Å². The largest absolute Gasteiger partial charge is 0.367 e. The molecule has 0 aliphatic carbocycles. The highest BCUT2D eigenvalue weighted by Gasteiger charge is 1.61. The van der Waals surface area contributed by atoms with E-state index in [0.29, 0.717) is 0 Å². The number of amides is 1. The molecule has 0 saturated heterocycles. The zero-order valence-corrected chi connectivity index (χ0v) is 2.99. The van der Waals surface area contributed by atoms with E-state index < -0.39 is 14.8 Å². The maximum absolute atomic E-state index is 9.42. The number of hydrogen-bond donors (Lipinski definition) is 1. The van der Waals surface area contributed by atoms with Crippen molar-refractivity contribution in [1.82, 2.24) is 0 Å². The van der Waals surface area contributed by atoms with Crippen LogP contribution in [0.2, 0.25) is 0 Å². The van der Waals surface area contributed by atoms with Crippen molar-refractivity contribution in [2.75, 3.05) is 0 Å². The van der Waals surface area contributed by atoms with E-state index in [1.807, 2.05) is 0 Å². The molecular weight excluding hydrogens is 73.0 g/mol. The Hall–Kier alpha value is -0.100. The quantitative estimate of drug-likeness (QED) is 0.438. The molecule has 0 aromatic carbocycles. The Morgan fingerprint density at radius 1 is 2.50 bits per heavy atom. The second-order valence-electron chi connectivity index (χ2n) is 0.364. The van der Waals surface area contributed by atoms with Gasteiger partial charge in [-0.05, 0) is 9.18 Å². The number of carbonyl (C=O) groups is 1. The Morgan fingerprint density at radius 3 is 2.75 bits per heavy atom. The molecule has 0 aliphatic rings. The zero-order valence-electron chi connectivity index (χ0n) is 2.99. The molecule has 0 spiro atoms. The Balaban J connectivity index is 2.85. The molecular formula is CH4NOP. The standard InChI is InChI=1S/CH4NOP/c2-1(3)4/h4H2,(H2,2,3)/i4D. The van der Waals surface area contributed by atoms with E-state index in [1.54, 1.807) is 0 Å². The van der Waals surface area contributed by atoms with Crippen LogP contribution in [0.5, 0.6) is 0 Å². The van der Waals surface area contributed by atoms with Gasteiger partial charge in [0.1, 0.15) is 0 Å². The van der Waals surface area contributed by atoms with Crippen LogP contribution in [0, 0.1) is 0 Å². The fourth-order valence-electron chi connectivity index (χ4n) is 0. The van der Waals surface area contributed by atoms with Crippen LogP contribution in [-0.4, -0.2) is 6.93 Å². The highest BCUT2D eigenvalue weighted by Crippen LogP contribution is 1.70. The number of carbonyl (C=O) groups excluding carboxylic acids is 1. The van der Waals surface area contributed by atoms with Crippen molar-refractivity contribution in [3.8, 4) is 0 Å². The first-order chi connectivity index (χ1) is 2.27. The van der Waals surface area contributed by atoms with Crippen LogP contribution in [0.4, 0.5) is 4.79 Å². The fourth-order valence-corrected chi connectivity index (χ4v) is 0. The van der Waals surface area contributed by atoms with Gasteiger partial charge in [0.25, 0.3) is 0 Å². The molecule has 0 aromatic heterocycles. The second-order valence-corrected chi connectivity index (χ2v) is 0.857. The molecule has 4 heavy (non-hydrogen) atoms. The van der Waals surface area contributed by atoms with Crippen LogP contribution in [0.1, 0.15) is 0 Å². The first-order valence-electron chi connectivity index (χ1n) is 1.24. The number of primary amides is 1. The molecule has 24 valence electrons. The summed E-state index contributed by atoms with van der Waals surface area (Å²) in [5, 5.41) is 0. The topological polar surface area (TPSA) is 43.1 Å². The van der Waals surface area contributed by atoms with Crippen molar-refractivity contribution in [2.24, 2.45) is 5.73 Å². The van der Waals surface area contributed by atoms with Gasteiger partial charge in [-0.1, -0.05) is 0 Å². The summed E-state index contributed by atoms with van der Waals surface area (Å²) in [7, 11) is -0.497. The van der Waals surface area contributed by atoms with Crippen molar-refractivity contribution in [2.45, 2.75) is 0 Å². The third-order valence-electron chi connectivity index (χ3n) is 0. The summed E-state index contributed by atoms with van der Waals surface area (Å²) in [5.74, 6) is 0. The Morgan fingerprint density at radius 2 is 2.75 bits per heavy atom. The molecule has 0 aromatic rings. The highest BCUT2D eigenvalue weighted by atomic mass is 31.0. The Bertz CT molecular complexity index is 46.9. The molecule has 1 unspecified atom stereocenters. The molecule has 2 N–H and O–H groups in total. The molecule has 0 heterocycles. The van der Waals surface area contributed by atoms with Gasteiger partial charge < -0.3 is 5.73 Å². The highest BCUT2D eigenvalue weighted by molar-refractivity contribution is 7.39. The van der Waals surface area contributed by atoms with Gasteiger partial charge in [-0.3, -0.25) is 4.79 Å². The van der Waals surface area contributed by atoms with E-state index in [9.17, 15) is 4.79 Å². The van der Waals surface area contributed by atoms with Crippen molar-refractivity contribution >= 4 is 14.8 Å². The molecule has 0 aliphatic heterocycles. The van der Waals surface area contributed by atoms with E-state index in [2.05, 4.69) is 5.73 Å². The normalized spacial score (nSPS) is 12.5. The summed E-state index contributed by atoms with van der Waals surface area (Å²) in [6.07, 6.45) is 0. The average Bonchev–Trinajstić information content (AvgIpc) is 1.38. The average molecular weight is 78.0 g/mol. The van der Waals surface area contributed by atoms with E-state index in [-0.39, 0.29) is 0 Å². The van der Waals surface area contributed by atoms with Crippen LogP contribution in [0.15, 0.2) is 0 Å². The lowest BCUT2D eigenvalue weighted by molar-refractivity contribution is 0.267. The molecule has 3 heteroatoms. The summed E-state index contributed by atoms with van der Waals surface area (Å²) in [5.41, 5.74) is 3.93. The van der Waals surface area contributed by atoms with Crippen molar-refractivity contribution in [1.29, 1.82) is 1.28 Å². The fraction of sp³-hybridized carbons (Fsp3) is 0. The van der Waals surface area contributed by atoms with Crippen LogP contribution >= 0.6 is 9.18 Å². The number of nitrogens with two attached hydrogens (primary N) is 1. The minimum absolute atomic E-state index is 0.497. The molecule has 0 bridgehead atoms. The lowest BCUT2D eigenvalue weighted by atomic mass is 11.5. The van der Waals surface area contributed by atoms with Gasteiger partial charge in [0, 0.05) is 0 Å². The molecule has 0 saturated carbocycles. The Labute approximate surface area is 27.9 Å². The maximum Gasteiger partial charge on any atom is 0.232 e. The summed E-state index contributed by atoms with van der Waals surface area (Å²) in [4.78, 5) is 9.42. The Kier molecular flexibility index (Phi) is 0.671. The van der Waals surface area contributed by atoms with Gasteiger partial charge in [-0.2, -0.15) is 0 Å². The van der Waals surface area contributed by atoms with E-state index in [0.717, 1.165) is 0 Å². The van der Waals surface area contributed by atoms with Gasteiger partial charge in [-0.25, -0.2) is 0 Å². The minimum Gasteiger partial charge on any atom is -0.367 e. The van der Waals surface area contributed by atoms with E-state index >= 15 is 0 Å². The summed E-state index contributed by atoms with van der Waals surface area (Å²) in [6.45, 7) is 0. The number of rotatable bonds is 1. The van der Waals surface area contributed by atoms with Gasteiger partial charge >= 0.3 is 0 Å². The SMILES string of the molecule is [2H]PC(N)=O. The third kappa shape index (κ3) is 154. The van der Waals surface area contributed by atoms with Crippen molar-refractivity contribution in [3.05, 3.63) is 0 Å². The van der Waals surface area contributed by atoms with Gasteiger partial charge in [0.2, 0.25) is 5.65 Å². The zero-order chi connectivity index (χ0) is 4.28. The molecule has 2 nitrogen and oxygen atoms in total. The van der Waals surface area contributed by atoms with Crippen molar-refractivity contribution in [3.63, 3.8) is 0 Å². The minimum atomic E-state index is -0.551. The lowest BCUT2D eigenvalue weighted by Crippen LogP contribution is -1.93. The first-order valence-corrected chi connectivity index (χ1v) is 1.24. The van der Waals surface area contributed by atoms with Gasteiger partial charge in [-0.15, -0.1) is 0 Å². The summed E-state index contributed by atoms with van der Waals surface area (Å²) >= 11 is 0. The van der Waals surface area contributed by atoms with Crippen LogP contribution in [-0.2, 0) is 0 Å². The molecule has 0 rings (SSSR count). The van der Waals surface area contributed by atoms with Crippen LogP contribution in [0.25, 0.3) is 0 Å². The van der Waals surface area contributed by atoms with E-state index in [1.165, 1.54) is 0 Å². The molecule has 1 atom stereocenters. The molecule has 0 radical (unpaired) electrons. The van der Waals surface area contributed by atoms with Gasteiger partial charge in [0.15, 0.2) is 0 Å². The molecule has 1 amide bonds. The van der Waals surface area contributed by atoms with Gasteiger partial charge in [0.05, 0.1) is 1.28 Å². The second kappa shape index (κ2) is 1.24. The molecule has 0 fully saturated rings. The monoisotopic (exact) mass is 78.0 g/mol. The third-order valence-corrected chi connectivity index (χ3v) is 0. The number of hydrogen-bond acceptors (Lipinski definition) is 1. The first kappa shape index (κ1) is 2.16. The summed E-state index contributed by atoms with van der Waals surface area (Å²) < 4.78 is 6.21. The van der Waals surface area contributed by atoms with E-state index in [4.69, 9.17) is 1.28 Å². The van der Waals surface area contributed by atoms with Crippen molar-refractivity contribution < 1.29 is 4.79 Å².